The molecule has 1 amide bonds. The number of amides is 1. The molecule has 0 saturated carbocycles. The van der Waals surface area contributed by atoms with Crippen LogP contribution in [0.15, 0.2) is 48.0 Å². The van der Waals surface area contributed by atoms with Crippen molar-refractivity contribution in [2.24, 2.45) is 0 Å². The van der Waals surface area contributed by atoms with E-state index in [9.17, 15) is 14.7 Å². The third-order valence-corrected chi connectivity index (χ3v) is 6.67. The lowest BCUT2D eigenvalue weighted by Gasteiger charge is -2.29. The highest BCUT2D eigenvalue weighted by molar-refractivity contribution is 6.46. The first kappa shape index (κ1) is 24.9. The number of ether oxygens (including phenoxy) is 2. The summed E-state index contributed by atoms with van der Waals surface area (Å²) in [7, 11) is 0. The van der Waals surface area contributed by atoms with E-state index < -0.39 is 17.7 Å². The molecule has 0 aromatic heterocycles. The molecule has 1 atom stereocenters. The quantitative estimate of drug-likeness (QED) is 0.353. The van der Waals surface area contributed by atoms with Crippen molar-refractivity contribution in [3.8, 4) is 5.75 Å². The first-order chi connectivity index (χ1) is 16.9. The van der Waals surface area contributed by atoms with Crippen LogP contribution >= 0.6 is 0 Å². The zero-order valence-corrected chi connectivity index (χ0v) is 20.8. The zero-order valence-electron chi connectivity index (χ0n) is 20.8. The smallest absolute Gasteiger partial charge is 0.295 e. The summed E-state index contributed by atoms with van der Waals surface area (Å²) in [6.07, 6.45) is 0.734. The highest BCUT2D eigenvalue weighted by Gasteiger charge is 2.45. The Hall–Kier alpha value is -3.16. The van der Waals surface area contributed by atoms with Crippen LogP contribution in [0.4, 0.5) is 0 Å². The van der Waals surface area contributed by atoms with E-state index in [1.807, 2.05) is 51.1 Å². The van der Waals surface area contributed by atoms with E-state index in [1.54, 1.807) is 17.0 Å². The van der Waals surface area contributed by atoms with Crippen molar-refractivity contribution in [1.82, 2.24) is 9.80 Å². The lowest BCUT2D eigenvalue weighted by molar-refractivity contribution is -0.140. The van der Waals surface area contributed by atoms with Crippen LogP contribution in [0.3, 0.4) is 0 Å². The Labute approximate surface area is 206 Å². The topological polar surface area (TPSA) is 79.3 Å². The summed E-state index contributed by atoms with van der Waals surface area (Å²) in [5.41, 5.74) is 3.33. The molecule has 0 aliphatic carbocycles. The summed E-state index contributed by atoms with van der Waals surface area (Å²) >= 11 is 0. The monoisotopic (exact) mass is 478 g/mol. The summed E-state index contributed by atoms with van der Waals surface area (Å²) in [5, 5.41) is 11.4. The molecule has 2 aliphatic rings. The van der Waals surface area contributed by atoms with E-state index in [0.717, 1.165) is 56.0 Å². The Morgan fingerprint density at radius 2 is 1.77 bits per heavy atom. The Morgan fingerprint density at radius 1 is 1.06 bits per heavy atom. The van der Waals surface area contributed by atoms with E-state index >= 15 is 0 Å². The van der Waals surface area contributed by atoms with Gasteiger partial charge in [0.15, 0.2) is 0 Å². The van der Waals surface area contributed by atoms with Gasteiger partial charge in [-0.05, 0) is 56.5 Å². The molecule has 2 saturated heterocycles. The number of hydrogen-bond acceptors (Lipinski definition) is 6. The lowest BCUT2D eigenvalue weighted by Crippen LogP contribution is -2.38. The standard InChI is InChI=1S/C28H34N2O5/c1-4-35-22-10-11-23(20(3)18-22)26(31)24-25(21-8-6-19(2)7-9-21)30(28(33)27(24)32)13-5-12-29-14-16-34-17-15-29/h6-11,18,25,31H,4-5,12-17H2,1-3H3/b26-24-. The summed E-state index contributed by atoms with van der Waals surface area (Å²) in [6.45, 7) is 10.7. The lowest BCUT2D eigenvalue weighted by atomic mass is 9.93. The number of carbonyl (C=O) groups excluding carboxylic acids is 2. The van der Waals surface area contributed by atoms with Crippen LogP contribution in [-0.2, 0) is 14.3 Å². The molecular formula is C28H34N2O5. The molecule has 7 nitrogen and oxygen atoms in total. The third kappa shape index (κ3) is 5.41. The van der Waals surface area contributed by atoms with Crippen molar-refractivity contribution < 1.29 is 24.2 Å². The van der Waals surface area contributed by atoms with Crippen LogP contribution in [-0.4, -0.2) is 72.6 Å². The fraction of sp³-hybridized carbons (Fsp3) is 0.429. The maximum atomic E-state index is 13.3. The van der Waals surface area contributed by atoms with Gasteiger partial charge in [-0.25, -0.2) is 0 Å². The number of benzene rings is 2. The van der Waals surface area contributed by atoms with Gasteiger partial charge in [-0.15, -0.1) is 0 Å². The van der Waals surface area contributed by atoms with Crippen molar-refractivity contribution in [2.45, 2.75) is 33.2 Å². The molecule has 1 N–H and O–H groups in total. The Balaban J connectivity index is 1.68. The summed E-state index contributed by atoms with van der Waals surface area (Å²) < 4.78 is 11.0. The molecule has 2 fully saturated rings. The van der Waals surface area contributed by atoms with E-state index in [2.05, 4.69) is 4.90 Å². The largest absolute Gasteiger partial charge is 0.507 e. The molecule has 1 unspecified atom stereocenters. The summed E-state index contributed by atoms with van der Waals surface area (Å²) in [6, 6.07) is 12.5. The number of aliphatic hydroxyl groups is 1. The van der Waals surface area contributed by atoms with Gasteiger partial charge in [0.05, 0.1) is 31.4 Å². The third-order valence-electron chi connectivity index (χ3n) is 6.67. The number of morpholine rings is 1. The fourth-order valence-corrected chi connectivity index (χ4v) is 4.80. The van der Waals surface area contributed by atoms with Gasteiger partial charge in [-0.2, -0.15) is 0 Å². The van der Waals surface area contributed by atoms with E-state index in [-0.39, 0.29) is 11.3 Å². The number of aliphatic hydroxyl groups excluding tert-OH is 1. The average molecular weight is 479 g/mol. The van der Waals surface area contributed by atoms with E-state index in [4.69, 9.17) is 9.47 Å². The minimum Gasteiger partial charge on any atom is -0.507 e. The van der Waals surface area contributed by atoms with Crippen LogP contribution in [0, 0.1) is 13.8 Å². The number of aryl methyl sites for hydroxylation is 2. The Kier molecular flexibility index (Phi) is 7.88. The molecule has 2 aromatic carbocycles. The average Bonchev–Trinajstić information content (AvgIpc) is 3.10. The van der Waals surface area contributed by atoms with Gasteiger partial charge in [0.1, 0.15) is 11.5 Å². The zero-order chi connectivity index (χ0) is 24.9. The van der Waals surface area contributed by atoms with Crippen LogP contribution in [0.1, 0.15) is 41.6 Å². The Bertz CT molecular complexity index is 1100. The first-order valence-corrected chi connectivity index (χ1v) is 12.3. The van der Waals surface area contributed by atoms with Gasteiger partial charge in [0.25, 0.3) is 11.7 Å². The van der Waals surface area contributed by atoms with Crippen LogP contribution in [0.2, 0.25) is 0 Å². The van der Waals surface area contributed by atoms with Gasteiger partial charge < -0.3 is 19.5 Å². The second-order valence-electron chi connectivity index (χ2n) is 9.12. The molecule has 35 heavy (non-hydrogen) atoms. The number of carbonyl (C=O) groups is 2. The first-order valence-electron chi connectivity index (χ1n) is 12.3. The molecular weight excluding hydrogens is 444 g/mol. The second-order valence-corrected chi connectivity index (χ2v) is 9.12. The van der Waals surface area contributed by atoms with Crippen molar-refractivity contribution in [2.75, 3.05) is 46.0 Å². The predicted molar refractivity (Wildman–Crippen MR) is 134 cm³/mol. The second kappa shape index (κ2) is 11.1. The van der Waals surface area contributed by atoms with Crippen molar-refractivity contribution >= 4 is 17.4 Å². The highest BCUT2D eigenvalue weighted by atomic mass is 16.5. The van der Waals surface area contributed by atoms with Crippen LogP contribution in [0.25, 0.3) is 5.76 Å². The van der Waals surface area contributed by atoms with Crippen LogP contribution in [0.5, 0.6) is 5.75 Å². The highest BCUT2D eigenvalue weighted by Crippen LogP contribution is 2.40. The van der Waals surface area contributed by atoms with Crippen molar-refractivity contribution in [3.63, 3.8) is 0 Å². The predicted octanol–water partition coefficient (Wildman–Crippen LogP) is 3.85. The molecule has 0 radical (unpaired) electrons. The normalized spacial score (nSPS) is 20.4. The summed E-state index contributed by atoms with van der Waals surface area (Å²) in [5.74, 6) is -0.666. The van der Waals surface area contributed by atoms with Gasteiger partial charge in [0, 0.05) is 31.7 Å². The van der Waals surface area contributed by atoms with E-state index in [1.165, 1.54) is 0 Å². The molecule has 0 spiro atoms. The number of nitrogens with zero attached hydrogens (tertiary/aromatic N) is 2. The fourth-order valence-electron chi connectivity index (χ4n) is 4.80. The van der Waals surface area contributed by atoms with Crippen molar-refractivity contribution in [3.05, 3.63) is 70.3 Å². The van der Waals surface area contributed by atoms with Crippen molar-refractivity contribution in [1.29, 1.82) is 0 Å². The van der Waals surface area contributed by atoms with Gasteiger partial charge in [-0.3, -0.25) is 14.5 Å². The van der Waals surface area contributed by atoms with E-state index in [0.29, 0.717) is 24.5 Å². The maximum absolute atomic E-state index is 13.3. The summed E-state index contributed by atoms with van der Waals surface area (Å²) in [4.78, 5) is 30.4. The minimum absolute atomic E-state index is 0.137. The van der Waals surface area contributed by atoms with Gasteiger partial charge in [-0.1, -0.05) is 29.8 Å². The number of rotatable bonds is 8. The number of ketones is 1. The number of likely N-dealkylation sites (tertiary alicyclic amines) is 1. The van der Waals surface area contributed by atoms with Crippen LogP contribution < -0.4 is 4.74 Å². The van der Waals surface area contributed by atoms with Gasteiger partial charge in [0.2, 0.25) is 0 Å². The minimum atomic E-state index is -0.646. The molecule has 4 rings (SSSR count). The molecule has 0 bridgehead atoms. The SMILES string of the molecule is CCOc1ccc(/C(O)=C2/C(=O)C(=O)N(CCCN3CCOCC3)C2c2ccc(C)cc2)c(C)c1. The van der Waals surface area contributed by atoms with Gasteiger partial charge >= 0.3 is 0 Å². The number of hydrogen-bond donors (Lipinski definition) is 1. The molecule has 2 heterocycles. The number of Topliss-reactive ketones (excluding diaryl/α,β-unsaturated/α-hetero) is 1. The maximum Gasteiger partial charge on any atom is 0.295 e. The molecule has 2 aromatic rings. The Morgan fingerprint density at radius 3 is 2.43 bits per heavy atom. The molecule has 186 valence electrons. The molecule has 2 aliphatic heterocycles. The molecule has 7 heteroatoms.